The lowest BCUT2D eigenvalue weighted by Crippen LogP contribution is -2.50. The van der Waals surface area contributed by atoms with E-state index in [0.717, 1.165) is 10.7 Å². The second-order valence-corrected chi connectivity index (χ2v) is 10.5. The van der Waals surface area contributed by atoms with Crippen molar-refractivity contribution in [2.75, 3.05) is 5.32 Å². The van der Waals surface area contributed by atoms with Crippen LogP contribution in [0, 0.1) is 18.3 Å². The Morgan fingerprint density at radius 2 is 1.78 bits per heavy atom. The largest absolute Gasteiger partial charge is 0.460 e. The fourth-order valence-corrected chi connectivity index (χ4v) is 4.30. The lowest BCUT2D eigenvalue weighted by atomic mass is 10.0. The minimum absolute atomic E-state index is 0.00909. The minimum Gasteiger partial charge on any atom is -0.350 e. The molecule has 0 unspecified atom stereocenters. The van der Waals surface area contributed by atoms with Crippen LogP contribution >= 0.6 is 11.6 Å². The van der Waals surface area contributed by atoms with Crippen molar-refractivity contribution in [3.8, 4) is 11.9 Å². The molecule has 0 saturated carbocycles. The number of halogens is 8. The Morgan fingerprint density at radius 3 is 2.39 bits per heavy atom. The number of alkyl halides is 7. The van der Waals surface area contributed by atoms with Gasteiger partial charge >= 0.3 is 18.0 Å². The average molecular weight is 672 g/mol. The first-order valence-electron chi connectivity index (χ1n) is 13.0. The van der Waals surface area contributed by atoms with Gasteiger partial charge in [-0.3, -0.25) is 9.59 Å². The Morgan fingerprint density at radius 1 is 1.09 bits per heavy atom. The first-order chi connectivity index (χ1) is 21.4. The number of hydrogen-bond donors (Lipinski definition) is 2. The van der Waals surface area contributed by atoms with E-state index in [-0.39, 0.29) is 51.3 Å². The third-order valence-electron chi connectivity index (χ3n) is 6.23. The second kappa shape index (κ2) is 12.4. The number of carbonyl (C=O) groups excluding carboxylic acids is 2. The van der Waals surface area contributed by atoms with Crippen LogP contribution < -0.4 is 10.6 Å². The number of hydrogen-bond acceptors (Lipinski definition) is 7. The molecule has 0 atom stereocenters. The molecule has 3 heterocycles. The molecule has 0 aliphatic rings. The molecule has 2 amide bonds. The van der Waals surface area contributed by atoms with E-state index in [1.54, 1.807) is 20.8 Å². The molecular formula is C27H21ClF7N9O2. The number of nitrogens with one attached hydrogen (secondary N) is 2. The fraction of sp³-hybridized carbons (Fsp3) is 0.296. The van der Waals surface area contributed by atoms with Gasteiger partial charge in [-0.25, -0.2) is 14.3 Å². The number of carbonyl (C=O) groups is 2. The molecule has 1 aromatic carbocycles. The highest BCUT2D eigenvalue weighted by Crippen LogP contribution is 2.51. The van der Waals surface area contributed by atoms with Crippen LogP contribution in [0.4, 0.5) is 36.4 Å². The van der Waals surface area contributed by atoms with Crippen LogP contribution in [0.3, 0.4) is 0 Å². The molecular weight excluding hydrogens is 651 g/mol. The van der Waals surface area contributed by atoms with Gasteiger partial charge in [0.05, 0.1) is 46.3 Å². The van der Waals surface area contributed by atoms with Crippen LogP contribution in [0.15, 0.2) is 42.7 Å². The summed E-state index contributed by atoms with van der Waals surface area (Å²) in [6.07, 6.45) is -5.08. The highest BCUT2D eigenvalue weighted by atomic mass is 35.5. The molecule has 3 aromatic heterocycles. The summed E-state index contributed by atoms with van der Waals surface area (Å²) in [4.78, 5) is 30.7. The van der Waals surface area contributed by atoms with Crippen LogP contribution in [0.1, 0.15) is 57.2 Å². The quantitative estimate of drug-likeness (QED) is 0.226. The number of aryl methyl sites for hydroxylation is 1. The van der Waals surface area contributed by atoms with Crippen molar-refractivity contribution in [1.82, 2.24) is 35.1 Å². The van der Waals surface area contributed by atoms with E-state index in [1.807, 2.05) is 6.07 Å². The summed E-state index contributed by atoms with van der Waals surface area (Å²) < 4.78 is 94.7. The molecule has 242 valence electrons. The molecule has 0 saturated heterocycles. The molecule has 46 heavy (non-hydrogen) atoms. The van der Waals surface area contributed by atoms with Crippen molar-refractivity contribution < 1.29 is 40.3 Å². The third kappa shape index (κ3) is 6.49. The normalized spacial score (nSPS) is 12.2. The highest BCUT2D eigenvalue weighted by Gasteiger charge is 2.74. The maximum atomic E-state index is 14.1. The highest BCUT2D eigenvalue weighted by molar-refractivity contribution is 6.32. The van der Waals surface area contributed by atoms with Gasteiger partial charge in [0.15, 0.2) is 11.5 Å². The molecule has 19 heteroatoms. The zero-order valence-electron chi connectivity index (χ0n) is 23.8. The maximum Gasteiger partial charge on any atom is 0.460 e. The molecule has 0 fully saturated rings. The van der Waals surface area contributed by atoms with Crippen LogP contribution in [0.5, 0.6) is 0 Å². The number of aromatic nitrogens is 6. The first-order valence-corrected chi connectivity index (χ1v) is 13.3. The Hall–Kier alpha value is -5.05. The van der Waals surface area contributed by atoms with Crippen LogP contribution in [-0.2, 0) is 12.5 Å². The predicted molar refractivity (Wildman–Crippen MR) is 147 cm³/mol. The molecule has 4 rings (SSSR count). The van der Waals surface area contributed by atoms with Gasteiger partial charge in [-0.05, 0) is 56.7 Å². The lowest BCUT2D eigenvalue weighted by Gasteiger charge is -2.26. The van der Waals surface area contributed by atoms with Gasteiger partial charge in [-0.15, -0.1) is 5.10 Å². The van der Waals surface area contributed by atoms with E-state index in [2.05, 4.69) is 31.0 Å². The SMILES string of the molecule is Cc1cc(C#N)cc(C(=O)NC(C)C)c1NC(=O)c1cc(Cn2cc(C(F)(F)C(F)(F)C(F)(F)F)nn2)nn1-c1ncccc1Cl. The van der Waals surface area contributed by atoms with Crippen LogP contribution in [0.25, 0.3) is 5.82 Å². The smallest absolute Gasteiger partial charge is 0.350 e. The third-order valence-corrected chi connectivity index (χ3v) is 6.53. The number of nitriles is 1. The van der Waals surface area contributed by atoms with Crippen molar-refractivity contribution in [3.05, 3.63) is 81.5 Å². The molecule has 0 aliphatic heterocycles. The molecule has 11 nitrogen and oxygen atoms in total. The van der Waals surface area contributed by atoms with Crippen LogP contribution in [0.2, 0.25) is 5.02 Å². The standard InChI is InChI=1S/C27H21ClF7N9O2/c1-13(2)38-23(45)17-8-15(10-36)7-14(3)21(17)39-24(46)19-9-16(41-44(19)22-18(28)5-4-6-37-22)11-43-12-20(40-42-43)25(29,30)26(31,32)27(33,34)35/h4-9,12-13H,11H2,1-3H3,(H,38,45)(H,39,46). The lowest BCUT2D eigenvalue weighted by molar-refractivity contribution is -0.360. The van der Waals surface area contributed by atoms with Gasteiger partial charge in [0.1, 0.15) is 5.69 Å². The predicted octanol–water partition coefficient (Wildman–Crippen LogP) is 5.42. The summed E-state index contributed by atoms with van der Waals surface area (Å²) >= 11 is 6.26. The summed E-state index contributed by atoms with van der Waals surface area (Å²) in [5.41, 5.74) is -1.88. The van der Waals surface area contributed by atoms with Crippen LogP contribution in [-0.4, -0.2) is 59.7 Å². The topological polar surface area (TPSA) is 143 Å². The summed E-state index contributed by atoms with van der Waals surface area (Å²) in [7, 11) is 0. The number of benzene rings is 1. The fourth-order valence-electron chi connectivity index (χ4n) is 4.10. The van der Waals surface area contributed by atoms with Crippen molar-refractivity contribution in [1.29, 1.82) is 5.26 Å². The van der Waals surface area contributed by atoms with Gasteiger partial charge in [-0.2, -0.15) is 41.1 Å². The average Bonchev–Trinajstić information content (AvgIpc) is 3.61. The number of rotatable bonds is 9. The van der Waals surface area contributed by atoms with Gasteiger partial charge in [-0.1, -0.05) is 16.8 Å². The monoisotopic (exact) mass is 671 g/mol. The van der Waals surface area contributed by atoms with E-state index in [1.165, 1.54) is 30.5 Å². The summed E-state index contributed by atoms with van der Waals surface area (Å²) in [6.45, 7) is 4.32. The van der Waals surface area contributed by atoms with E-state index in [0.29, 0.717) is 10.2 Å². The Balaban J connectivity index is 1.74. The van der Waals surface area contributed by atoms with E-state index in [9.17, 15) is 45.6 Å². The van der Waals surface area contributed by atoms with Crippen molar-refractivity contribution in [2.45, 2.75) is 51.4 Å². The van der Waals surface area contributed by atoms with Gasteiger partial charge < -0.3 is 10.6 Å². The Labute approximate surface area is 260 Å². The minimum atomic E-state index is -6.58. The molecule has 0 aliphatic carbocycles. The Kier molecular flexibility index (Phi) is 9.11. The molecule has 0 radical (unpaired) electrons. The Bertz CT molecular complexity index is 1850. The molecule has 4 aromatic rings. The summed E-state index contributed by atoms with van der Waals surface area (Å²) in [6, 6.07) is 8.36. The number of nitrogens with zero attached hydrogens (tertiary/aromatic N) is 7. The second-order valence-electron chi connectivity index (χ2n) is 10.1. The molecule has 0 spiro atoms. The van der Waals surface area contributed by atoms with E-state index in [4.69, 9.17) is 11.6 Å². The molecule has 2 N–H and O–H groups in total. The van der Waals surface area contributed by atoms with Crippen molar-refractivity contribution in [3.63, 3.8) is 0 Å². The molecule has 0 bridgehead atoms. The number of amides is 2. The summed E-state index contributed by atoms with van der Waals surface area (Å²) in [5, 5.41) is 24.9. The number of pyridine rings is 1. The van der Waals surface area contributed by atoms with Crippen molar-refractivity contribution >= 4 is 29.1 Å². The maximum absolute atomic E-state index is 14.1. The number of anilines is 1. The zero-order chi connectivity index (χ0) is 34.2. The van der Waals surface area contributed by atoms with Crippen molar-refractivity contribution in [2.24, 2.45) is 0 Å². The van der Waals surface area contributed by atoms with E-state index >= 15 is 0 Å². The first kappa shape index (κ1) is 33.8. The van der Waals surface area contributed by atoms with E-state index < -0.39 is 42.1 Å². The summed E-state index contributed by atoms with van der Waals surface area (Å²) in [5.74, 6) is -13.8. The van der Waals surface area contributed by atoms with Gasteiger partial charge in [0, 0.05) is 12.2 Å². The van der Waals surface area contributed by atoms with Gasteiger partial charge in [0.2, 0.25) is 0 Å². The van der Waals surface area contributed by atoms with Gasteiger partial charge in [0.25, 0.3) is 11.8 Å². The zero-order valence-corrected chi connectivity index (χ0v) is 24.6.